The molecule has 0 heterocycles. The van der Waals surface area contributed by atoms with Crippen LogP contribution in [0.3, 0.4) is 0 Å². The van der Waals surface area contributed by atoms with Gasteiger partial charge in [-0.15, -0.1) is 12.4 Å². The fourth-order valence-corrected chi connectivity index (χ4v) is 4.70. The van der Waals surface area contributed by atoms with Crippen molar-refractivity contribution in [1.29, 1.82) is 0 Å². The molecule has 0 aliphatic heterocycles. The van der Waals surface area contributed by atoms with Gasteiger partial charge in [0.2, 0.25) is 6.54 Å². The second kappa shape index (κ2) is 24.9. The van der Waals surface area contributed by atoms with E-state index >= 15 is 0 Å². The van der Waals surface area contributed by atoms with Crippen LogP contribution < -0.4 is 18.6 Å². The van der Waals surface area contributed by atoms with E-state index in [0.29, 0.717) is 25.2 Å². The Labute approximate surface area is 301 Å². The van der Waals surface area contributed by atoms with Crippen LogP contribution in [0.5, 0.6) is 0 Å². The minimum atomic E-state index is -0.152. The first kappa shape index (κ1) is 40.5. The Morgan fingerprint density at radius 2 is 1.18 bits per heavy atom. The van der Waals surface area contributed by atoms with Crippen molar-refractivity contribution in [2.24, 2.45) is 0 Å². The van der Waals surface area contributed by atoms with Gasteiger partial charge in [-0.1, -0.05) is 97.4 Å². The van der Waals surface area contributed by atoms with E-state index in [1.54, 1.807) is 0 Å². The van der Waals surface area contributed by atoms with Gasteiger partial charge in [0.1, 0.15) is 0 Å². The van der Waals surface area contributed by atoms with E-state index in [0.717, 1.165) is 24.9 Å². The van der Waals surface area contributed by atoms with Gasteiger partial charge in [0.15, 0.2) is 0 Å². The molecule has 218 valence electrons. The number of nitrogens with one attached hydrogen (secondary N) is 1. The molecule has 2 aliphatic rings. The van der Waals surface area contributed by atoms with Crippen LogP contribution in [0.15, 0.2) is 91.0 Å². The van der Waals surface area contributed by atoms with E-state index in [-0.39, 0.29) is 17.9 Å². The molecular weight excluding hydrogens is 1080 g/mol. The van der Waals surface area contributed by atoms with Crippen LogP contribution in [-0.4, -0.2) is 13.6 Å². The van der Waals surface area contributed by atoms with E-state index in [9.17, 15) is 0 Å². The number of halogens is 6. The molecule has 0 radical (unpaired) electrons. The summed E-state index contributed by atoms with van der Waals surface area (Å²) in [7, 11) is 2.04. The first-order valence-corrected chi connectivity index (χ1v) is 31.5. The van der Waals surface area contributed by atoms with Crippen molar-refractivity contribution in [3.05, 3.63) is 131 Å². The molecule has 0 aromatic heterocycles. The molecule has 3 aromatic carbocycles. The second-order valence-electron chi connectivity index (χ2n) is 9.25. The van der Waals surface area contributed by atoms with E-state index in [1.165, 1.54) is 36.8 Å². The standard InChI is InChI=1S/C12H17N.C11H11N.C8H7N.ClH.I3.I2/c1-13-10-12(8-5-9-12)11-6-3-2-4-7-11;1-12-11(8-5-9-11)10-6-3-2-4-7-10;1-9-7-8-5-3-2-4-6-8;;1-3-2;1-2/h2-4,6-7,13H,5,8-10H2,1H3;2-4,6-7H,5,8-9H2;2-6H,7H2;1H;;/q;;;;-1;. The van der Waals surface area contributed by atoms with Crippen LogP contribution in [0.1, 0.15) is 55.2 Å². The maximum Gasteiger partial charge on any atom is 0.257 e. The van der Waals surface area contributed by atoms with Gasteiger partial charge in [-0.3, -0.25) is 0 Å². The molecular formula is C31H36ClI5N3-. The van der Waals surface area contributed by atoms with Crippen molar-refractivity contribution in [1.82, 2.24) is 5.32 Å². The van der Waals surface area contributed by atoms with Gasteiger partial charge in [0.25, 0.3) is 5.54 Å². The van der Waals surface area contributed by atoms with Crippen molar-refractivity contribution < 1.29 is 13.3 Å². The summed E-state index contributed by atoms with van der Waals surface area (Å²) >= 11 is 9.54. The monoisotopic (exact) mass is 1120 g/mol. The fraction of sp³-hybridized carbons (Fsp3) is 0.355. The predicted molar refractivity (Wildman–Crippen MR) is 205 cm³/mol. The summed E-state index contributed by atoms with van der Waals surface area (Å²) in [4.78, 5) is 7.00. The van der Waals surface area contributed by atoms with Gasteiger partial charge in [-0.25, -0.2) is 13.1 Å². The number of likely N-dealkylation sites (N-methyl/N-ethyl adjacent to an activating group) is 1. The van der Waals surface area contributed by atoms with Gasteiger partial charge < -0.3 is 15.0 Å². The van der Waals surface area contributed by atoms with E-state index in [1.807, 2.05) is 55.6 Å². The Hall–Kier alpha value is 0.540. The third kappa shape index (κ3) is 13.9. The van der Waals surface area contributed by atoms with Crippen LogP contribution >= 0.6 is 86.9 Å². The van der Waals surface area contributed by atoms with Crippen molar-refractivity contribution >= 4 is 86.9 Å². The molecule has 3 nitrogen and oxygen atoms in total. The summed E-state index contributed by atoms with van der Waals surface area (Å²) in [5.74, 6) is 0. The molecule has 0 bridgehead atoms. The smallest absolute Gasteiger partial charge is 0.257 e. The van der Waals surface area contributed by atoms with Crippen molar-refractivity contribution in [2.75, 3.05) is 13.6 Å². The summed E-state index contributed by atoms with van der Waals surface area (Å²) in [6, 6.07) is 30.8. The molecule has 2 aliphatic carbocycles. The molecule has 3 aromatic rings. The third-order valence-electron chi connectivity index (χ3n) is 7.02. The number of benzene rings is 3. The van der Waals surface area contributed by atoms with Gasteiger partial charge in [0.05, 0.1) is 0 Å². The van der Waals surface area contributed by atoms with Crippen LogP contribution in [0.25, 0.3) is 9.69 Å². The minimum absolute atomic E-state index is 0. The molecule has 0 atom stereocenters. The summed E-state index contributed by atoms with van der Waals surface area (Å²) in [5.41, 5.74) is 4.10. The molecule has 0 amide bonds. The van der Waals surface area contributed by atoms with Crippen molar-refractivity contribution in [2.45, 2.75) is 56.0 Å². The average molecular weight is 1120 g/mol. The first-order chi connectivity index (χ1) is 19.1. The van der Waals surface area contributed by atoms with Crippen LogP contribution in [-0.2, 0) is 17.5 Å². The number of hydrogen-bond acceptors (Lipinski definition) is 1. The minimum Gasteiger partial charge on any atom is -0.312 e. The summed E-state index contributed by atoms with van der Waals surface area (Å²) in [6.45, 7) is 15.4. The van der Waals surface area contributed by atoms with Crippen molar-refractivity contribution in [3.8, 4) is 0 Å². The number of nitrogens with zero attached hydrogens (tertiary/aromatic N) is 2. The van der Waals surface area contributed by atoms with Gasteiger partial charge in [-0.2, -0.15) is 0 Å². The van der Waals surface area contributed by atoms with Gasteiger partial charge in [-0.05, 0) is 31.9 Å². The molecule has 9 heteroatoms. The zero-order valence-corrected chi connectivity index (χ0v) is 34.1. The van der Waals surface area contributed by atoms with E-state index in [4.69, 9.17) is 13.1 Å². The quantitative estimate of drug-likeness (QED) is 0.201. The summed E-state index contributed by atoms with van der Waals surface area (Å²) < 4.78 is 0. The average Bonchev–Trinajstić information content (AvgIpc) is 2.95. The molecule has 5 rings (SSSR count). The first-order valence-electron chi connectivity index (χ1n) is 12.6. The van der Waals surface area contributed by atoms with Crippen LogP contribution in [0.4, 0.5) is 0 Å². The Morgan fingerprint density at radius 3 is 1.50 bits per heavy atom. The Balaban J connectivity index is 0.000000528. The molecule has 0 saturated heterocycles. The third-order valence-corrected chi connectivity index (χ3v) is 7.02. The second-order valence-corrected chi connectivity index (χ2v) is 25.5. The van der Waals surface area contributed by atoms with Gasteiger partial charge in [0, 0.05) is 73.2 Å². The largest absolute Gasteiger partial charge is 0.312 e. The van der Waals surface area contributed by atoms with Crippen LogP contribution in [0, 0.1) is 13.1 Å². The summed E-state index contributed by atoms with van der Waals surface area (Å²) in [5, 5.41) is 3.31. The molecule has 0 spiro atoms. The van der Waals surface area contributed by atoms with Crippen LogP contribution in [0.2, 0.25) is 0 Å². The Morgan fingerprint density at radius 1 is 0.750 bits per heavy atom. The number of hydrogen-bond donors (Lipinski definition) is 1. The molecule has 1 N–H and O–H groups in total. The number of rotatable bonds is 5. The summed E-state index contributed by atoms with van der Waals surface area (Å²) in [6.07, 6.45) is 7.37. The Kier molecular flexibility index (Phi) is 25.3. The zero-order valence-electron chi connectivity index (χ0n) is 22.5. The predicted octanol–water partition coefficient (Wildman–Crippen LogP) is 8.39. The van der Waals surface area contributed by atoms with E-state index < -0.39 is 0 Å². The van der Waals surface area contributed by atoms with Crippen molar-refractivity contribution in [3.63, 3.8) is 0 Å². The Bertz CT molecular complexity index is 1100. The maximum absolute atomic E-state index is 7.17. The fourth-order valence-electron chi connectivity index (χ4n) is 4.70. The molecule has 2 fully saturated rings. The topological polar surface area (TPSA) is 20.8 Å². The van der Waals surface area contributed by atoms with E-state index in [2.05, 4.69) is 132 Å². The molecule has 0 unspecified atom stereocenters. The SMILES string of the molecule is CNCC1(c2ccccc2)CCC1.Cl.II.I[I-]I.[C-]#[N+]C1(c2ccccc2)CCC1.[C-]#[N+]Cc1ccccc1. The molecule has 40 heavy (non-hydrogen) atoms. The molecule has 2 saturated carbocycles. The zero-order chi connectivity index (χ0) is 28.8. The van der Waals surface area contributed by atoms with Gasteiger partial charge >= 0.3 is 50.5 Å². The normalized spacial score (nSPS) is 14.7. The maximum atomic E-state index is 7.17.